The first-order valence-electron chi connectivity index (χ1n) is 15.6. The van der Waals surface area contributed by atoms with E-state index in [0.29, 0.717) is 30.2 Å². The Kier molecular flexibility index (Phi) is 6.74. The maximum atomic E-state index is 14.0. The molecule has 0 aromatic heterocycles. The molecule has 2 aliphatic heterocycles. The van der Waals surface area contributed by atoms with Crippen LogP contribution < -0.4 is 15.0 Å². The topological polar surface area (TPSA) is 79.0 Å². The minimum absolute atomic E-state index is 0.0917. The number of nitrogens with one attached hydrogen (secondary N) is 1. The zero-order chi connectivity index (χ0) is 29.4. The molecule has 2 heterocycles. The number of carbonyl (C=O) groups is 3. The summed E-state index contributed by atoms with van der Waals surface area (Å²) in [6, 6.07) is 6.96. The number of ether oxygens (including phenoxy) is 1. The predicted molar refractivity (Wildman–Crippen MR) is 160 cm³/mol. The zero-order valence-electron chi connectivity index (χ0n) is 25.1. The van der Waals surface area contributed by atoms with Crippen LogP contribution in [0.4, 0.5) is 5.69 Å². The number of rotatable bonds is 5. The van der Waals surface area contributed by atoms with Gasteiger partial charge in [0.2, 0.25) is 11.8 Å². The van der Waals surface area contributed by atoms with Crippen LogP contribution in [0.3, 0.4) is 0 Å². The molecule has 5 radical (unpaired) electrons. The van der Waals surface area contributed by atoms with Crippen molar-refractivity contribution in [2.75, 3.05) is 19.1 Å². The normalized spacial score (nSPS) is 39.7. The van der Waals surface area contributed by atoms with Gasteiger partial charge >= 0.3 is 0 Å². The number of benzene rings is 1. The number of β-lactam (4-membered cyclic amide) rings is 1. The second-order valence-corrected chi connectivity index (χ2v) is 13.8. The van der Waals surface area contributed by atoms with Crippen LogP contribution in [0.25, 0.3) is 0 Å². The van der Waals surface area contributed by atoms with Gasteiger partial charge in [-0.15, -0.1) is 0 Å². The molecule has 6 aliphatic rings. The van der Waals surface area contributed by atoms with Crippen LogP contribution in [-0.4, -0.2) is 54.9 Å². The van der Waals surface area contributed by atoms with E-state index in [-0.39, 0.29) is 34.6 Å². The third-order valence-electron chi connectivity index (χ3n) is 12.1. The summed E-state index contributed by atoms with van der Waals surface area (Å²) in [6.45, 7) is 4.72. The quantitative estimate of drug-likeness (QED) is 0.523. The molecule has 7 rings (SSSR count). The van der Waals surface area contributed by atoms with E-state index in [4.69, 9.17) is 4.74 Å². The van der Waals surface area contributed by atoms with Crippen molar-refractivity contribution in [1.29, 1.82) is 0 Å². The summed E-state index contributed by atoms with van der Waals surface area (Å²) in [6.07, 6.45) is 16.9. The Hall–Kier alpha value is -2.83. The van der Waals surface area contributed by atoms with Gasteiger partial charge in [-0.3, -0.25) is 14.4 Å². The number of hydrogen-bond donors (Lipinski definition) is 1. The molecule has 0 bridgehead atoms. The molecule has 4 aliphatic carbocycles. The smallest absolute Gasteiger partial charge is 0.252 e. The average Bonchev–Trinajstić information content (AvgIpc) is 3.64. The van der Waals surface area contributed by atoms with Crippen LogP contribution in [0, 0.1) is 60.2 Å². The van der Waals surface area contributed by atoms with Gasteiger partial charge in [-0.05, 0) is 112 Å². The fourth-order valence-electron chi connectivity index (χ4n) is 9.88. The lowest BCUT2D eigenvalue weighted by atomic mass is 9.47. The first-order chi connectivity index (χ1) is 20.2. The van der Waals surface area contributed by atoms with E-state index in [1.54, 1.807) is 12.0 Å². The first-order valence-corrected chi connectivity index (χ1v) is 15.6. The Balaban J connectivity index is 1.08. The standard InChI is InChI=1S/C35H42N3O4/c1-34-19-17-26-24(13-16-28-35(26,2)20-18-29(39)37(28)3)25(34)14-15-27(34)32(40)36-30-31(21-7-5-6-8-21)38(33(30)41)22-9-11-23(42-4)12-10-22/h5-12,15,24-26,28,30-31H,13-14,16-20H2,1-4H3,(H,36,40)/t24-,25-,26-,28+,30+,31+,34-,35+/m0/s1. The molecule has 42 heavy (non-hydrogen) atoms. The van der Waals surface area contributed by atoms with Gasteiger partial charge in [0.05, 0.1) is 13.2 Å². The van der Waals surface area contributed by atoms with Gasteiger partial charge < -0.3 is 19.9 Å². The molecule has 0 spiro atoms. The highest BCUT2D eigenvalue weighted by Crippen LogP contribution is 2.64. The van der Waals surface area contributed by atoms with Gasteiger partial charge in [0, 0.05) is 42.1 Å². The van der Waals surface area contributed by atoms with Crippen molar-refractivity contribution in [3.8, 4) is 5.75 Å². The van der Waals surface area contributed by atoms with Crippen LogP contribution in [-0.2, 0) is 14.4 Å². The Labute approximate surface area is 250 Å². The summed E-state index contributed by atoms with van der Waals surface area (Å²) >= 11 is 0. The van der Waals surface area contributed by atoms with Gasteiger partial charge in [0.15, 0.2) is 0 Å². The first kappa shape index (κ1) is 28.0. The second-order valence-electron chi connectivity index (χ2n) is 13.8. The summed E-state index contributed by atoms with van der Waals surface area (Å²) < 4.78 is 5.30. The molecule has 3 saturated carbocycles. The van der Waals surface area contributed by atoms with E-state index in [2.05, 4.69) is 25.2 Å². The van der Waals surface area contributed by atoms with Crippen molar-refractivity contribution in [1.82, 2.24) is 10.2 Å². The Morgan fingerprint density at radius 1 is 1.00 bits per heavy atom. The number of hydrogen-bond acceptors (Lipinski definition) is 4. The van der Waals surface area contributed by atoms with Crippen molar-refractivity contribution in [2.45, 2.75) is 76.9 Å². The lowest BCUT2D eigenvalue weighted by Gasteiger charge is -2.61. The molecule has 221 valence electrons. The minimum atomic E-state index is -0.605. The number of likely N-dealkylation sites (tertiary alicyclic amines) is 1. The van der Waals surface area contributed by atoms with Gasteiger partial charge in [-0.2, -0.15) is 0 Å². The molecule has 2 saturated heterocycles. The summed E-state index contributed by atoms with van der Waals surface area (Å²) in [5.74, 6) is 3.41. The zero-order valence-corrected chi connectivity index (χ0v) is 25.1. The molecule has 7 heteroatoms. The number of allylic oxidation sites excluding steroid dienone is 1. The predicted octanol–water partition coefficient (Wildman–Crippen LogP) is 4.70. The van der Waals surface area contributed by atoms with Crippen molar-refractivity contribution < 1.29 is 19.1 Å². The lowest BCUT2D eigenvalue weighted by Crippen LogP contribution is -2.73. The second kappa shape index (κ2) is 10.1. The Morgan fingerprint density at radius 3 is 2.45 bits per heavy atom. The monoisotopic (exact) mass is 568 g/mol. The molecule has 0 unspecified atom stereocenters. The van der Waals surface area contributed by atoms with Crippen LogP contribution in [0.2, 0.25) is 0 Å². The summed E-state index contributed by atoms with van der Waals surface area (Å²) in [7, 11) is 3.62. The molecule has 5 fully saturated rings. The number of nitrogens with zero attached hydrogens (tertiary/aromatic N) is 2. The molecule has 1 N–H and O–H groups in total. The third-order valence-corrected chi connectivity index (χ3v) is 12.1. The lowest BCUT2D eigenvalue weighted by molar-refractivity contribution is -0.156. The molecule has 8 atom stereocenters. The van der Waals surface area contributed by atoms with E-state index < -0.39 is 6.04 Å². The number of fused-ring (bicyclic) bond motifs is 5. The number of carbonyl (C=O) groups excluding carboxylic acids is 3. The highest BCUT2D eigenvalue weighted by Gasteiger charge is 2.61. The molecule has 7 nitrogen and oxygen atoms in total. The van der Waals surface area contributed by atoms with Gasteiger partial charge in [0.1, 0.15) is 11.8 Å². The highest BCUT2D eigenvalue weighted by atomic mass is 16.5. The maximum absolute atomic E-state index is 14.0. The molecular formula is C35H42N3O4. The Morgan fingerprint density at radius 2 is 1.74 bits per heavy atom. The molecule has 1 aromatic carbocycles. The van der Waals surface area contributed by atoms with Gasteiger partial charge in [0.25, 0.3) is 5.91 Å². The van der Waals surface area contributed by atoms with E-state index in [0.717, 1.165) is 61.5 Å². The number of anilines is 1. The number of amides is 3. The van der Waals surface area contributed by atoms with E-state index in [1.807, 2.05) is 61.9 Å². The van der Waals surface area contributed by atoms with Crippen LogP contribution in [0.5, 0.6) is 5.75 Å². The van der Waals surface area contributed by atoms with Gasteiger partial charge in [-0.25, -0.2) is 0 Å². The SMILES string of the molecule is COc1ccc(N2C(=O)[C@H](NC(=O)C3=CC[C@H]4[C@@H]5CC[C@H]6N(C)C(=O)CC[C@]6(C)[C@H]5CC[C@]34C)[C@H]2[C]2[CH][CH][CH][CH]2)cc1. The highest BCUT2D eigenvalue weighted by molar-refractivity contribution is 6.10. The average molecular weight is 569 g/mol. The summed E-state index contributed by atoms with van der Waals surface area (Å²) in [5.41, 5.74) is 1.62. The van der Waals surface area contributed by atoms with Crippen LogP contribution in [0.1, 0.15) is 58.8 Å². The van der Waals surface area contributed by atoms with Crippen molar-refractivity contribution >= 4 is 23.4 Å². The molecule has 1 aromatic rings. The van der Waals surface area contributed by atoms with Crippen molar-refractivity contribution in [2.24, 2.45) is 28.6 Å². The van der Waals surface area contributed by atoms with Crippen molar-refractivity contribution in [3.05, 3.63) is 67.5 Å². The minimum Gasteiger partial charge on any atom is -0.497 e. The molecular weight excluding hydrogens is 526 g/mol. The molecule has 3 amide bonds. The number of piperidine rings is 1. The third kappa shape index (κ3) is 4.01. The van der Waals surface area contributed by atoms with E-state index in [1.165, 1.54) is 0 Å². The van der Waals surface area contributed by atoms with Crippen LogP contribution in [0.15, 0.2) is 35.9 Å². The summed E-state index contributed by atoms with van der Waals surface area (Å²) in [5, 5.41) is 3.20. The Bertz CT molecular complexity index is 1300. The number of methoxy groups -OCH3 is 1. The fourth-order valence-corrected chi connectivity index (χ4v) is 9.88. The largest absolute Gasteiger partial charge is 0.497 e. The van der Waals surface area contributed by atoms with Crippen molar-refractivity contribution in [3.63, 3.8) is 0 Å². The summed E-state index contributed by atoms with van der Waals surface area (Å²) in [4.78, 5) is 43.9. The van der Waals surface area contributed by atoms with Gasteiger partial charge in [-0.1, -0.05) is 19.9 Å². The van der Waals surface area contributed by atoms with E-state index in [9.17, 15) is 14.4 Å². The van der Waals surface area contributed by atoms with E-state index >= 15 is 0 Å². The van der Waals surface area contributed by atoms with Crippen LogP contribution >= 0.6 is 0 Å². The fraction of sp³-hybridized carbons (Fsp3) is 0.543. The maximum Gasteiger partial charge on any atom is 0.252 e.